The van der Waals surface area contributed by atoms with Gasteiger partial charge >= 0.3 is 0 Å². The van der Waals surface area contributed by atoms with Crippen LogP contribution in [0.4, 0.5) is 22.7 Å². The maximum atomic E-state index is 14.0. The molecule has 1 N–H and O–H groups in total. The topological polar surface area (TPSA) is 105 Å². The Morgan fingerprint density at radius 1 is 0.830 bits per heavy atom. The van der Waals surface area contributed by atoms with Crippen LogP contribution in [0.1, 0.15) is 51.3 Å². The smallest absolute Gasteiger partial charge is 0.261 e. The minimum Gasteiger partial charge on any atom is -0.493 e. The summed E-state index contributed by atoms with van der Waals surface area (Å²) in [4.78, 5) is 26.8. The molecule has 10 nitrogen and oxygen atoms in total. The number of ether oxygens (including phenoxy) is 4. The van der Waals surface area contributed by atoms with E-state index in [9.17, 15) is 9.90 Å². The predicted octanol–water partition coefficient (Wildman–Crippen LogP) is 7.93. The quantitative estimate of drug-likeness (QED) is 0.139. The first-order valence-electron chi connectivity index (χ1n) is 17.5. The zero-order valence-electron chi connectivity index (χ0n) is 29.9. The number of carbonyl (C=O) groups is 1. The van der Waals surface area contributed by atoms with Gasteiger partial charge in [-0.25, -0.2) is 0 Å². The minimum atomic E-state index is -0.928. The van der Waals surface area contributed by atoms with Crippen LogP contribution in [-0.2, 0) is 26.1 Å². The number of aliphatic hydroxyl groups excluding tert-OH is 1. The van der Waals surface area contributed by atoms with Crippen LogP contribution < -0.4 is 28.7 Å². The lowest BCUT2D eigenvalue weighted by atomic mass is 9.98. The molecule has 53 heavy (non-hydrogen) atoms. The second-order valence-electron chi connectivity index (χ2n) is 13.6. The molecule has 0 radical (unpaired) electrons. The van der Waals surface area contributed by atoms with Crippen molar-refractivity contribution in [1.82, 2.24) is 0 Å². The van der Waals surface area contributed by atoms with Gasteiger partial charge in [-0.15, -0.1) is 0 Å². The van der Waals surface area contributed by atoms with Crippen LogP contribution in [0.15, 0.2) is 107 Å². The van der Waals surface area contributed by atoms with Crippen molar-refractivity contribution in [2.75, 3.05) is 30.6 Å². The molecule has 1 amide bonds. The van der Waals surface area contributed by atoms with E-state index in [1.54, 1.807) is 38.5 Å². The van der Waals surface area contributed by atoms with Crippen molar-refractivity contribution < 1.29 is 28.8 Å². The first-order chi connectivity index (χ1) is 25.8. The minimum absolute atomic E-state index is 0.127. The van der Waals surface area contributed by atoms with Crippen molar-refractivity contribution in [2.45, 2.75) is 44.7 Å². The SMILES string of the molecule is C=Nc1cc(OCc2cccc(COc3cc4c(cc3OC)C(=O)N3c5ccccc5CC3(C)C=N4)c2)c(OC)cc1C(O)N1CCc2ccccc21. The summed E-state index contributed by atoms with van der Waals surface area (Å²) in [6, 6.07) is 31.0. The third-order valence-electron chi connectivity index (χ3n) is 10.2. The summed E-state index contributed by atoms with van der Waals surface area (Å²) in [5, 5.41) is 11.5. The molecule has 0 saturated heterocycles. The zero-order valence-corrected chi connectivity index (χ0v) is 29.9. The molecule has 0 saturated carbocycles. The monoisotopic (exact) mass is 708 g/mol. The third-order valence-corrected chi connectivity index (χ3v) is 10.2. The van der Waals surface area contributed by atoms with Gasteiger partial charge in [0.1, 0.15) is 13.2 Å². The van der Waals surface area contributed by atoms with E-state index in [1.165, 1.54) is 5.56 Å². The molecule has 0 fully saturated rings. The van der Waals surface area contributed by atoms with Gasteiger partial charge in [0.05, 0.1) is 36.7 Å². The molecule has 3 aliphatic rings. The molecule has 10 heteroatoms. The molecule has 0 spiro atoms. The van der Waals surface area contributed by atoms with Gasteiger partial charge in [0.2, 0.25) is 0 Å². The van der Waals surface area contributed by atoms with E-state index >= 15 is 0 Å². The molecule has 0 aromatic heterocycles. The van der Waals surface area contributed by atoms with E-state index < -0.39 is 11.8 Å². The third kappa shape index (κ3) is 6.14. The summed E-state index contributed by atoms with van der Waals surface area (Å²) in [5.74, 6) is 1.77. The number of nitrogens with zero attached hydrogens (tertiary/aromatic N) is 4. The zero-order chi connectivity index (χ0) is 36.7. The van der Waals surface area contributed by atoms with Crippen molar-refractivity contribution in [1.29, 1.82) is 0 Å². The second-order valence-corrected chi connectivity index (χ2v) is 13.6. The van der Waals surface area contributed by atoms with Gasteiger partial charge in [0.25, 0.3) is 5.91 Å². The molecule has 0 bridgehead atoms. The van der Waals surface area contributed by atoms with E-state index in [0.29, 0.717) is 58.5 Å². The highest BCUT2D eigenvalue weighted by atomic mass is 16.5. The maximum Gasteiger partial charge on any atom is 0.261 e. The molecule has 268 valence electrons. The summed E-state index contributed by atoms with van der Waals surface area (Å²) in [6.07, 6.45) is 2.48. The van der Waals surface area contributed by atoms with E-state index in [-0.39, 0.29) is 19.1 Å². The van der Waals surface area contributed by atoms with Crippen LogP contribution in [0.5, 0.6) is 23.0 Å². The van der Waals surface area contributed by atoms with Gasteiger partial charge in [-0.3, -0.25) is 19.7 Å². The number of carbonyl (C=O) groups excluding carboxylic acids is 1. The lowest BCUT2D eigenvalue weighted by Gasteiger charge is -2.31. The van der Waals surface area contributed by atoms with Crippen LogP contribution in [0.2, 0.25) is 0 Å². The van der Waals surface area contributed by atoms with Gasteiger partial charge in [-0.05, 0) is 72.6 Å². The van der Waals surface area contributed by atoms with Crippen molar-refractivity contribution in [3.63, 3.8) is 0 Å². The van der Waals surface area contributed by atoms with Crippen LogP contribution in [-0.4, -0.2) is 50.2 Å². The number of para-hydroxylation sites is 2. The Kier molecular flexibility index (Phi) is 8.83. The lowest BCUT2D eigenvalue weighted by molar-refractivity contribution is 0.0976. The van der Waals surface area contributed by atoms with E-state index in [0.717, 1.165) is 34.5 Å². The number of fused-ring (bicyclic) bond motifs is 5. The Labute approximate surface area is 308 Å². The summed E-state index contributed by atoms with van der Waals surface area (Å²) in [6.45, 7) is 6.98. The first-order valence-corrected chi connectivity index (χ1v) is 17.5. The van der Waals surface area contributed by atoms with Gasteiger partial charge < -0.3 is 29.0 Å². The standard InChI is InChI=1S/C43H40N4O6/c1-43-23-30-13-6-8-15-36(30)47(43)42(49)32-20-38(51-4)40(22-34(32)45-26-43)53-25-28-11-9-10-27(18-28)24-52-39-21-33(44-2)31(19-37(39)50-3)41(48)46-17-16-29-12-5-7-14-35(29)46/h5-15,18-22,26,41,48H,2,16-17,23-25H2,1,3-4H3. The Balaban J connectivity index is 0.974. The summed E-state index contributed by atoms with van der Waals surface area (Å²) >= 11 is 0. The number of hydrogen-bond donors (Lipinski definition) is 1. The highest BCUT2D eigenvalue weighted by molar-refractivity contribution is 6.16. The van der Waals surface area contributed by atoms with E-state index in [2.05, 4.69) is 23.8 Å². The molecule has 8 rings (SSSR count). The average molecular weight is 709 g/mol. The van der Waals surface area contributed by atoms with E-state index in [1.807, 2.05) is 83.6 Å². The second kappa shape index (κ2) is 13.8. The fourth-order valence-corrected chi connectivity index (χ4v) is 7.59. The molecule has 5 aromatic carbocycles. The van der Waals surface area contributed by atoms with Gasteiger partial charge in [-0.1, -0.05) is 54.6 Å². The van der Waals surface area contributed by atoms with Gasteiger partial charge in [-0.2, -0.15) is 0 Å². The fraction of sp³-hybridized carbons (Fsp3) is 0.233. The number of rotatable bonds is 11. The number of benzene rings is 5. The number of methoxy groups -OCH3 is 2. The number of anilines is 2. The summed E-state index contributed by atoms with van der Waals surface area (Å²) in [7, 11) is 3.13. The van der Waals surface area contributed by atoms with Crippen molar-refractivity contribution >= 4 is 41.6 Å². The molecule has 0 aliphatic carbocycles. The van der Waals surface area contributed by atoms with Crippen LogP contribution in [0.25, 0.3) is 0 Å². The molecule has 3 heterocycles. The summed E-state index contributed by atoms with van der Waals surface area (Å²) < 4.78 is 23.9. The van der Waals surface area contributed by atoms with Crippen LogP contribution >= 0.6 is 0 Å². The van der Waals surface area contributed by atoms with Crippen LogP contribution in [0.3, 0.4) is 0 Å². The number of aliphatic hydroxyl groups is 1. The van der Waals surface area contributed by atoms with Gasteiger partial charge in [0, 0.05) is 48.3 Å². The normalized spacial score (nSPS) is 17.3. The predicted molar refractivity (Wildman–Crippen MR) is 206 cm³/mol. The summed E-state index contributed by atoms with van der Waals surface area (Å²) in [5.41, 5.74) is 7.57. The number of aliphatic imine (C=N–C) groups is 2. The Morgan fingerprint density at radius 3 is 2.21 bits per heavy atom. The van der Waals surface area contributed by atoms with Gasteiger partial charge in [0.15, 0.2) is 29.2 Å². The van der Waals surface area contributed by atoms with E-state index in [4.69, 9.17) is 23.9 Å². The molecule has 3 aliphatic heterocycles. The van der Waals surface area contributed by atoms with Crippen molar-refractivity contribution in [3.8, 4) is 23.0 Å². The molecular formula is C43H40N4O6. The largest absolute Gasteiger partial charge is 0.493 e. The van der Waals surface area contributed by atoms with Crippen LogP contribution in [0, 0.1) is 0 Å². The van der Waals surface area contributed by atoms with Crippen molar-refractivity contribution in [3.05, 3.63) is 130 Å². The molecule has 5 aromatic rings. The Morgan fingerprint density at radius 2 is 1.49 bits per heavy atom. The Hall–Kier alpha value is -6.13. The highest BCUT2D eigenvalue weighted by Crippen LogP contribution is 2.45. The maximum absolute atomic E-state index is 14.0. The lowest BCUT2D eigenvalue weighted by Crippen LogP contribution is -2.48. The molecule has 2 atom stereocenters. The average Bonchev–Trinajstić information content (AvgIpc) is 3.73. The molecule has 2 unspecified atom stereocenters. The van der Waals surface area contributed by atoms with Crippen molar-refractivity contribution in [2.24, 2.45) is 9.98 Å². The first kappa shape index (κ1) is 34.0. The number of amides is 1. The Bertz CT molecular complexity index is 2270. The molecular weight excluding hydrogens is 668 g/mol. The number of hydrogen-bond acceptors (Lipinski definition) is 9. The highest BCUT2D eigenvalue weighted by Gasteiger charge is 2.44. The fourth-order valence-electron chi connectivity index (χ4n) is 7.59.